The average Bonchev–Trinajstić information content (AvgIpc) is 3.91. The van der Waals surface area contributed by atoms with Gasteiger partial charge in [-0.3, -0.25) is 14.2 Å². The Kier molecular flexibility index (Phi) is 14.0. The van der Waals surface area contributed by atoms with Crippen molar-refractivity contribution in [2.75, 3.05) is 27.2 Å². The van der Waals surface area contributed by atoms with Crippen molar-refractivity contribution in [3.63, 3.8) is 0 Å². The van der Waals surface area contributed by atoms with Crippen molar-refractivity contribution in [3.05, 3.63) is 111 Å². The molecular formula is C41H52F2N4O4. The second-order valence-electron chi connectivity index (χ2n) is 13.7. The number of carbonyl (C=O) groups excluding carboxylic acids is 2. The molecule has 1 aromatic heterocycles. The molecule has 0 aliphatic heterocycles. The Morgan fingerprint density at radius 1 is 1.08 bits per heavy atom. The van der Waals surface area contributed by atoms with Crippen LogP contribution in [-0.4, -0.2) is 53.6 Å². The van der Waals surface area contributed by atoms with E-state index in [1.165, 1.54) is 22.8 Å². The Labute approximate surface area is 300 Å². The fourth-order valence-electron chi connectivity index (χ4n) is 6.59. The number of hydrogen-bond donors (Lipinski definition) is 1. The first-order valence-electron chi connectivity index (χ1n) is 17.9. The molecule has 274 valence electrons. The highest BCUT2D eigenvalue weighted by Crippen LogP contribution is 2.45. The first-order valence-corrected chi connectivity index (χ1v) is 17.9. The number of benzene rings is 2. The number of hydrogen-bond acceptors (Lipinski definition) is 6. The molecule has 2 aromatic carbocycles. The molecule has 4 rings (SSSR count). The fraction of sp³-hybridized carbons (Fsp3) is 0.463. The second kappa shape index (κ2) is 18.2. The molecule has 1 saturated carbocycles. The summed E-state index contributed by atoms with van der Waals surface area (Å²) in [4.78, 5) is 46.7. The summed E-state index contributed by atoms with van der Waals surface area (Å²) in [6.45, 7) is 13.7. The van der Waals surface area contributed by atoms with Gasteiger partial charge < -0.3 is 15.0 Å². The lowest BCUT2D eigenvalue weighted by Gasteiger charge is -2.26. The minimum absolute atomic E-state index is 0.00856. The third kappa shape index (κ3) is 10.3. The molecule has 1 heterocycles. The lowest BCUT2D eigenvalue weighted by atomic mass is 9.87. The van der Waals surface area contributed by atoms with E-state index in [0.717, 1.165) is 48.8 Å². The van der Waals surface area contributed by atoms with E-state index in [-0.39, 0.29) is 36.7 Å². The molecule has 1 aliphatic carbocycles. The Balaban J connectivity index is 1.82. The molecule has 1 aliphatic rings. The largest absolute Gasteiger partial charge is 0.466 e. The van der Waals surface area contributed by atoms with Crippen LogP contribution in [0.4, 0.5) is 8.78 Å². The molecule has 8 nitrogen and oxygen atoms in total. The third-order valence-electron chi connectivity index (χ3n) is 9.39. The van der Waals surface area contributed by atoms with Gasteiger partial charge in [-0.05, 0) is 150 Å². The van der Waals surface area contributed by atoms with Crippen molar-refractivity contribution >= 4 is 11.9 Å². The van der Waals surface area contributed by atoms with Gasteiger partial charge in [-0.1, -0.05) is 12.2 Å². The van der Waals surface area contributed by atoms with Gasteiger partial charge in [0.2, 0.25) is 5.91 Å². The Morgan fingerprint density at radius 3 is 2.47 bits per heavy atom. The van der Waals surface area contributed by atoms with Crippen molar-refractivity contribution in [1.29, 1.82) is 0 Å². The van der Waals surface area contributed by atoms with Crippen LogP contribution in [0.3, 0.4) is 0 Å². The van der Waals surface area contributed by atoms with Gasteiger partial charge in [-0.2, -0.15) is 4.98 Å². The molecule has 0 radical (unpaired) electrons. The maximum Gasteiger partial charge on any atom is 0.348 e. The number of halogens is 2. The zero-order valence-electron chi connectivity index (χ0n) is 30.7. The number of nitrogens with one attached hydrogen (secondary N) is 1. The smallest absolute Gasteiger partial charge is 0.348 e. The lowest BCUT2D eigenvalue weighted by molar-refractivity contribution is -0.144. The SMILES string of the molecule is C=CCCCCc1cc(F)cc(C)c1-c1cc(C2CC2)c(F)c([C@H](CC(=O)OCC)NC(=O)[C@H](CC=C)n2cc(CCN(C)C)c(C)nc2=O)c1. The number of carbonyl (C=O) groups is 2. The number of likely N-dealkylation sites (N-methyl/N-ethyl adjacent to an activating group) is 1. The van der Waals surface area contributed by atoms with Crippen LogP contribution in [0.15, 0.2) is 60.6 Å². The first-order chi connectivity index (χ1) is 24.4. The van der Waals surface area contributed by atoms with Crippen LogP contribution in [0.1, 0.15) is 103 Å². The van der Waals surface area contributed by atoms with Gasteiger partial charge in [0.15, 0.2) is 0 Å². The van der Waals surface area contributed by atoms with Crippen LogP contribution in [0.2, 0.25) is 0 Å². The summed E-state index contributed by atoms with van der Waals surface area (Å²) in [5.41, 5.74) is 4.46. The van der Waals surface area contributed by atoms with Gasteiger partial charge in [0, 0.05) is 24.0 Å². The molecule has 2 atom stereocenters. The van der Waals surface area contributed by atoms with Gasteiger partial charge in [0.1, 0.15) is 17.7 Å². The number of nitrogens with zero attached hydrogens (tertiary/aromatic N) is 3. The quantitative estimate of drug-likeness (QED) is 0.0786. The van der Waals surface area contributed by atoms with Gasteiger partial charge >= 0.3 is 11.7 Å². The molecule has 51 heavy (non-hydrogen) atoms. The topological polar surface area (TPSA) is 93.5 Å². The predicted octanol–water partition coefficient (Wildman–Crippen LogP) is 7.61. The molecule has 0 unspecified atom stereocenters. The van der Waals surface area contributed by atoms with E-state index >= 15 is 4.39 Å². The molecule has 0 bridgehead atoms. The zero-order chi connectivity index (χ0) is 37.2. The summed E-state index contributed by atoms with van der Waals surface area (Å²) < 4.78 is 38.0. The van der Waals surface area contributed by atoms with E-state index < -0.39 is 35.5 Å². The van der Waals surface area contributed by atoms with Crippen LogP contribution >= 0.6 is 0 Å². The maximum absolute atomic E-state index is 16.7. The fourth-order valence-corrected chi connectivity index (χ4v) is 6.59. The van der Waals surface area contributed by atoms with Gasteiger partial charge in [0.25, 0.3) is 0 Å². The number of esters is 1. The summed E-state index contributed by atoms with van der Waals surface area (Å²) >= 11 is 0. The molecule has 1 amide bonds. The van der Waals surface area contributed by atoms with Gasteiger partial charge in [0.05, 0.1) is 19.1 Å². The maximum atomic E-state index is 16.7. The van der Waals surface area contributed by atoms with Crippen molar-refractivity contribution < 1.29 is 23.1 Å². The predicted molar refractivity (Wildman–Crippen MR) is 198 cm³/mol. The first kappa shape index (κ1) is 39.3. The highest BCUT2D eigenvalue weighted by molar-refractivity contribution is 5.82. The van der Waals surface area contributed by atoms with E-state index in [1.54, 1.807) is 26.1 Å². The Morgan fingerprint density at radius 2 is 1.82 bits per heavy atom. The Bertz CT molecular complexity index is 1800. The number of amides is 1. The summed E-state index contributed by atoms with van der Waals surface area (Å²) in [5, 5.41) is 2.92. The molecule has 1 fully saturated rings. The van der Waals surface area contributed by atoms with Crippen LogP contribution in [-0.2, 0) is 27.2 Å². The van der Waals surface area contributed by atoms with Crippen molar-refractivity contribution in [2.24, 2.45) is 0 Å². The van der Waals surface area contributed by atoms with Gasteiger partial charge in [-0.25, -0.2) is 13.6 Å². The monoisotopic (exact) mass is 702 g/mol. The minimum atomic E-state index is -1.12. The third-order valence-corrected chi connectivity index (χ3v) is 9.39. The van der Waals surface area contributed by atoms with E-state index in [2.05, 4.69) is 23.5 Å². The lowest BCUT2D eigenvalue weighted by Crippen LogP contribution is -2.41. The van der Waals surface area contributed by atoms with Crippen LogP contribution < -0.4 is 11.0 Å². The van der Waals surface area contributed by atoms with Crippen molar-refractivity contribution in [1.82, 2.24) is 19.8 Å². The summed E-state index contributed by atoms with van der Waals surface area (Å²) in [6, 6.07) is 4.33. The molecule has 1 N–H and O–H groups in total. The zero-order valence-corrected chi connectivity index (χ0v) is 30.7. The van der Waals surface area contributed by atoms with Gasteiger partial charge in [-0.15, -0.1) is 13.2 Å². The normalized spacial score (nSPS) is 13.9. The number of ether oxygens (including phenoxy) is 1. The molecular weight excluding hydrogens is 650 g/mol. The summed E-state index contributed by atoms with van der Waals surface area (Å²) in [7, 11) is 3.89. The summed E-state index contributed by atoms with van der Waals surface area (Å²) in [5.74, 6) is -2.04. The number of aromatic nitrogens is 2. The number of unbranched alkanes of at least 4 members (excludes halogenated alkanes) is 2. The van der Waals surface area contributed by atoms with Crippen LogP contribution in [0.5, 0.6) is 0 Å². The highest BCUT2D eigenvalue weighted by Gasteiger charge is 2.33. The number of allylic oxidation sites excluding steroid dienone is 2. The Hall–Kier alpha value is -4.44. The minimum Gasteiger partial charge on any atom is -0.466 e. The van der Waals surface area contributed by atoms with E-state index in [0.29, 0.717) is 41.8 Å². The number of aryl methyl sites for hydroxylation is 3. The second-order valence-corrected chi connectivity index (χ2v) is 13.7. The number of rotatable bonds is 19. The molecule has 0 saturated heterocycles. The van der Waals surface area contributed by atoms with Crippen molar-refractivity contribution in [2.45, 2.75) is 96.6 Å². The van der Waals surface area contributed by atoms with E-state index in [9.17, 15) is 18.8 Å². The highest BCUT2D eigenvalue weighted by atomic mass is 19.1. The summed E-state index contributed by atoms with van der Waals surface area (Å²) in [6.07, 6.45) is 10.2. The van der Waals surface area contributed by atoms with E-state index in [1.807, 2.05) is 38.1 Å². The molecule has 10 heteroatoms. The molecule has 3 aromatic rings. The van der Waals surface area contributed by atoms with Crippen LogP contribution in [0, 0.1) is 25.5 Å². The van der Waals surface area contributed by atoms with Crippen molar-refractivity contribution in [3.8, 4) is 11.1 Å². The van der Waals surface area contributed by atoms with Crippen LogP contribution in [0.25, 0.3) is 11.1 Å². The average molecular weight is 703 g/mol. The van der Waals surface area contributed by atoms with E-state index in [4.69, 9.17) is 4.74 Å². The standard InChI is InChI=1S/C41H52F2N4O4/c1-8-11-12-13-15-29-21-32(42)20-26(4)38(29)31-22-33(28-16-17-28)39(43)34(23-31)35(24-37(48)51-10-3)45-40(49)36(14-9-2)47-25-30(18-19-46(6)7)27(5)44-41(47)50/h8-9,20-23,25,28,35-36H,1-2,10-19,24H2,3-7H3,(H,45,49)/t35-,36-/m0/s1. The molecule has 0 spiro atoms.